The van der Waals surface area contributed by atoms with E-state index in [1.54, 1.807) is 6.92 Å². The Labute approximate surface area is 128 Å². The van der Waals surface area contributed by atoms with Gasteiger partial charge in [0.1, 0.15) is 5.56 Å². The molecular weight excluding hydrogens is 321 g/mol. The summed E-state index contributed by atoms with van der Waals surface area (Å²) < 4.78 is 52.6. The average Bonchev–Trinajstić information content (AvgIpc) is 2.50. The molecular formula is C13H12BF4NO4. The molecule has 124 valence electrons. The van der Waals surface area contributed by atoms with Crippen LogP contribution in [-0.2, 0) is 6.54 Å². The highest BCUT2D eigenvalue weighted by Crippen LogP contribution is 2.29. The zero-order valence-corrected chi connectivity index (χ0v) is 12.2. The standard InChI is InChI=1S/C13H11F2NO4.BF2H/c1-3-16-5-7(13(18)19)11(17)6-4-8(14)9(15)12(20-2)10(6)16;2-1-3/h4-5H,3H2,1-2H3,(H,18,19);1H. The molecule has 0 bridgehead atoms. The Hall–Kier alpha value is -2.52. The Morgan fingerprint density at radius 3 is 2.39 bits per heavy atom. The zero-order valence-electron chi connectivity index (χ0n) is 12.2. The van der Waals surface area contributed by atoms with Crippen LogP contribution in [0.2, 0.25) is 0 Å². The lowest BCUT2D eigenvalue weighted by Gasteiger charge is -2.14. The van der Waals surface area contributed by atoms with E-state index in [4.69, 9.17) is 9.84 Å². The molecule has 0 spiro atoms. The molecule has 1 heterocycles. The van der Waals surface area contributed by atoms with Crippen molar-refractivity contribution in [2.75, 3.05) is 7.11 Å². The first-order valence-electron chi connectivity index (χ1n) is 6.28. The van der Waals surface area contributed by atoms with Crippen LogP contribution in [0.1, 0.15) is 17.3 Å². The molecule has 23 heavy (non-hydrogen) atoms. The van der Waals surface area contributed by atoms with Crippen molar-refractivity contribution in [1.29, 1.82) is 0 Å². The van der Waals surface area contributed by atoms with Crippen LogP contribution in [0.15, 0.2) is 17.1 Å². The van der Waals surface area contributed by atoms with Crippen LogP contribution in [-0.4, -0.2) is 30.6 Å². The summed E-state index contributed by atoms with van der Waals surface area (Å²) in [5.41, 5.74) is -1.36. The first kappa shape index (κ1) is 18.5. The van der Waals surface area contributed by atoms with Crippen molar-refractivity contribution in [3.8, 4) is 5.75 Å². The number of rotatable bonds is 3. The number of aryl methyl sites for hydroxylation is 1. The molecule has 1 aromatic heterocycles. The van der Waals surface area contributed by atoms with Crippen LogP contribution in [0.5, 0.6) is 5.75 Å². The highest BCUT2D eigenvalue weighted by Gasteiger charge is 2.21. The highest BCUT2D eigenvalue weighted by atomic mass is 19.2. The number of hydrogen-bond donors (Lipinski definition) is 1. The highest BCUT2D eigenvalue weighted by molar-refractivity contribution is 6.15. The number of carboxylic acid groups (broad SMARTS) is 1. The fraction of sp³-hybridized carbons (Fsp3) is 0.231. The first-order valence-corrected chi connectivity index (χ1v) is 6.28. The smallest absolute Gasteiger partial charge is 0.491 e. The number of fused-ring (bicyclic) bond motifs is 1. The molecule has 0 saturated carbocycles. The van der Waals surface area contributed by atoms with Gasteiger partial charge in [0, 0.05) is 12.7 Å². The molecule has 2 aromatic rings. The van der Waals surface area contributed by atoms with Gasteiger partial charge in [0.25, 0.3) is 0 Å². The zero-order chi connectivity index (χ0) is 17.7. The lowest BCUT2D eigenvalue weighted by molar-refractivity contribution is 0.0695. The molecule has 0 aliphatic carbocycles. The number of aromatic nitrogens is 1. The largest absolute Gasteiger partial charge is 0.521 e. The van der Waals surface area contributed by atoms with Crippen LogP contribution in [0.25, 0.3) is 10.9 Å². The predicted octanol–water partition coefficient (Wildman–Crippen LogP) is 2.20. The van der Waals surface area contributed by atoms with Crippen LogP contribution in [0.4, 0.5) is 17.4 Å². The van der Waals surface area contributed by atoms with Crippen molar-refractivity contribution in [3.05, 3.63) is 39.7 Å². The SMILES string of the molecule is CCn1cc(C(=O)O)c(=O)c2cc(F)c(F)c(OC)c21.FBF. The maximum absolute atomic E-state index is 13.7. The van der Waals surface area contributed by atoms with E-state index >= 15 is 0 Å². The Morgan fingerprint density at radius 2 is 1.96 bits per heavy atom. The minimum atomic E-state index is -1.75. The third-order valence-corrected chi connectivity index (χ3v) is 2.99. The van der Waals surface area contributed by atoms with Crippen molar-refractivity contribution in [2.24, 2.45) is 0 Å². The summed E-state index contributed by atoms with van der Waals surface area (Å²) in [4.78, 5) is 23.1. The van der Waals surface area contributed by atoms with E-state index in [9.17, 15) is 27.0 Å². The van der Waals surface area contributed by atoms with E-state index in [0.29, 0.717) is 6.07 Å². The van der Waals surface area contributed by atoms with Crippen LogP contribution >= 0.6 is 0 Å². The van der Waals surface area contributed by atoms with Crippen molar-refractivity contribution in [3.63, 3.8) is 0 Å². The molecule has 1 N–H and O–H groups in total. The first-order chi connectivity index (χ1) is 10.8. The number of aromatic carboxylic acids is 1. The minimum Gasteiger partial charge on any atom is -0.491 e. The topological polar surface area (TPSA) is 68.5 Å². The van der Waals surface area contributed by atoms with Gasteiger partial charge in [-0.05, 0) is 13.0 Å². The van der Waals surface area contributed by atoms with Gasteiger partial charge < -0.3 is 14.4 Å². The fourth-order valence-corrected chi connectivity index (χ4v) is 2.06. The number of carbonyl (C=O) groups is 1. The molecule has 0 aliphatic rings. The van der Waals surface area contributed by atoms with Crippen molar-refractivity contribution >= 4 is 24.7 Å². The quantitative estimate of drug-likeness (QED) is 0.691. The molecule has 0 saturated heterocycles. The van der Waals surface area contributed by atoms with Crippen LogP contribution in [0, 0.1) is 11.6 Å². The summed E-state index contributed by atoms with van der Waals surface area (Å²) in [5.74, 6) is -4.33. The normalized spacial score (nSPS) is 10.0. The summed E-state index contributed by atoms with van der Waals surface area (Å²) in [7, 11) is -0.604. The van der Waals surface area contributed by atoms with Gasteiger partial charge in [0.05, 0.1) is 18.0 Å². The van der Waals surface area contributed by atoms with Gasteiger partial charge >= 0.3 is 13.8 Å². The van der Waals surface area contributed by atoms with E-state index in [1.165, 1.54) is 4.57 Å². The van der Waals surface area contributed by atoms with Gasteiger partial charge in [-0.1, -0.05) is 0 Å². The second-order valence-corrected chi connectivity index (χ2v) is 4.17. The number of nitrogens with zero attached hydrogens (tertiary/aromatic N) is 1. The van der Waals surface area contributed by atoms with Gasteiger partial charge in [-0.3, -0.25) is 13.4 Å². The number of carboxylic acids is 1. The molecule has 2 rings (SSSR count). The Kier molecular flexibility index (Phi) is 6.17. The average molecular weight is 333 g/mol. The third kappa shape index (κ3) is 3.46. The Bertz CT molecular complexity index is 794. The Balaban J connectivity index is 0.000000816. The van der Waals surface area contributed by atoms with Crippen LogP contribution < -0.4 is 10.2 Å². The summed E-state index contributed by atoms with van der Waals surface area (Å²) in [6, 6.07) is 0.689. The molecule has 0 amide bonds. The number of benzene rings is 1. The molecule has 0 radical (unpaired) electrons. The maximum Gasteiger partial charge on any atom is 0.521 e. The van der Waals surface area contributed by atoms with Crippen LogP contribution in [0.3, 0.4) is 0 Å². The molecule has 0 unspecified atom stereocenters. The van der Waals surface area contributed by atoms with E-state index < -0.39 is 42.2 Å². The fourth-order valence-electron chi connectivity index (χ4n) is 2.06. The predicted molar refractivity (Wildman–Crippen MR) is 76.7 cm³/mol. The van der Waals surface area contributed by atoms with E-state index in [2.05, 4.69) is 0 Å². The second-order valence-electron chi connectivity index (χ2n) is 4.17. The van der Waals surface area contributed by atoms with Gasteiger partial charge in [-0.25, -0.2) is 9.18 Å². The number of methoxy groups -OCH3 is 1. The summed E-state index contributed by atoms with van der Waals surface area (Å²) in [6.45, 7) is 1.94. The second kappa shape index (κ2) is 7.66. The summed E-state index contributed by atoms with van der Waals surface area (Å²) >= 11 is 0. The number of hydrogen-bond acceptors (Lipinski definition) is 3. The van der Waals surface area contributed by atoms with E-state index in [1.807, 2.05) is 0 Å². The maximum atomic E-state index is 13.7. The van der Waals surface area contributed by atoms with Gasteiger partial charge in [-0.2, -0.15) is 4.39 Å². The van der Waals surface area contributed by atoms with Gasteiger partial charge in [-0.15, -0.1) is 0 Å². The van der Waals surface area contributed by atoms with Crippen molar-refractivity contribution < 1.29 is 32.1 Å². The third-order valence-electron chi connectivity index (χ3n) is 2.99. The molecule has 10 heteroatoms. The molecule has 0 fully saturated rings. The number of halogens is 4. The summed E-state index contributed by atoms with van der Waals surface area (Å²) in [5, 5.41) is 8.75. The monoisotopic (exact) mass is 333 g/mol. The molecule has 0 atom stereocenters. The molecule has 0 aliphatic heterocycles. The lowest BCUT2D eigenvalue weighted by atomic mass is 10.1. The van der Waals surface area contributed by atoms with Crippen molar-refractivity contribution in [1.82, 2.24) is 4.57 Å². The Morgan fingerprint density at radius 1 is 1.39 bits per heavy atom. The molecule has 5 nitrogen and oxygen atoms in total. The minimum absolute atomic E-state index is 0.0314. The number of pyridine rings is 1. The lowest BCUT2D eigenvalue weighted by Crippen LogP contribution is -2.19. The van der Waals surface area contributed by atoms with E-state index in [-0.39, 0.29) is 17.4 Å². The van der Waals surface area contributed by atoms with Gasteiger partial charge in [0.2, 0.25) is 11.2 Å². The molecule has 1 aromatic carbocycles. The number of ether oxygens (including phenoxy) is 1. The summed E-state index contributed by atoms with van der Waals surface area (Å²) in [6.07, 6.45) is 1.09. The van der Waals surface area contributed by atoms with Gasteiger partial charge in [0.15, 0.2) is 11.6 Å². The van der Waals surface area contributed by atoms with E-state index in [0.717, 1.165) is 13.3 Å². The van der Waals surface area contributed by atoms with Crippen molar-refractivity contribution in [2.45, 2.75) is 13.5 Å².